The van der Waals surface area contributed by atoms with E-state index in [1.165, 1.54) is 0 Å². The number of aliphatic hydroxyl groups excluding tert-OH is 1. The van der Waals surface area contributed by atoms with Gasteiger partial charge in [-0.05, 0) is 30.9 Å². The van der Waals surface area contributed by atoms with Crippen molar-refractivity contribution < 1.29 is 5.11 Å². The number of benzene rings is 1. The number of terminal acetylenes is 1. The fourth-order valence-electron chi connectivity index (χ4n) is 1.48. The molecule has 1 rings (SSSR count). The summed E-state index contributed by atoms with van der Waals surface area (Å²) in [5.41, 5.74) is 1.79. The summed E-state index contributed by atoms with van der Waals surface area (Å²) >= 11 is 6.10. The highest BCUT2D eigenvalue weighted by atomic mass is 35.5. The van der Waals surface area contributed by atoms with Crippen LogP contribution in [0.15, 0.2) is 18.2 Å². The molecule has 0 aliphatic heterocycles. The van der Waals surface area contributed by atoms with Gasteiger partial charge >= 0.3 is 0 Å². The quantitative estimate of drug-likeness (QED) is 0.611. The summed E-state index contributed by atoms with van der Waals surface area (Å²) < 4.78 is 0. The van der Waals surface area contributed by atoms with Gasteiger partial charge in [0.15, 0.2) is 0 Å². The molecule has 1 unspecified atom stereocenters. The highest BCUT2D eigenvalue weighted by molar-refractivity contribution is 6.32. The number of hydrogen-bond donors (Lipinski definition) is 1. The van der Waals surface area contributed by atoms with Crippen LogP contribution in [0.25, 0.3) is 0 Å². The summed E-state index contributed by atoms with van der Waals surface area (Å²) in [6, 6.07) is 5.69. The zero-order chi connectivity index (χ0) is 11.3. The van der Waals surface area contributed by atoms with Gasteiger partial charge in [0.05, 0.1) is 6.10 Å². The van der Waals surface area contributed by atoms with Gasteiger partial charge < -0.3 is 5.11 Å². The van der Waals surface area contributed by atoms with Crippen LogP contribution in [0.2, 0.25) is 5.02 Å². The average Bonchev–Trinajstić information content (AvgIpc) is 2.22. The molecular formula is C13H15ClO. The summed E-state index contributed by atoms with van der Waals surface area (Å²) in [5, 5.41) is 10.6. The van der Waals surface area contributed by atoms with Gasteiger partial charge in [-0.1, -0.05) is 29.8 Å². The van der Waals surface area contributed by atoms with E-state index in [2.05, 4.69) is 5.92 Å². The molecule has 1 aromatic rings. The lowest BCUT2D eigenvalue weighted by Crippen LogP contribution is -1.99. The second-order valence-electron chi connectivity index (χ2n) is 3.59. The molecule has 15 heavy (non-hydrogen) atoms. The maximum absolute atomic E-state index is 9.90. The third kappa shape index (κ3) is 3.27. The molecule has 1 atom stereocenters. The molecule has 1 nitrogen and oxygen atoms in total. The van der Waals surface area contributed by atoms with Gasteiger partial charge in [0.25, 0.3) is 0 Å². The first-order chi connectivity index (χ1) is 7.16. The highest BCUT2D eigenvalue weighted by Crippen LogP contribution is 2.28. The number of aryl methyl sites for hydroxylation is 1. The van der Waals surface area contributed by atoms with Crippen LogP contribution in [-0.4, -0.2) is 5.11 Å². The minimum absolute atomic E-state index is 0.509. The number of rotatable bonds is 4. The van der Waals surface area contributed by atoms with E-state index in [1.54, 1.807) is 0 Å². The van der Waals surface area contributed by atoms with Crippen LogP contribution in [0.1, 0.15) is 36.5 Å². The van der Waals surface area contributed by atoms with Crippen LogP contribution < -0.4 is 0 Å². The lowest BCUT2D eigenvalue weighted by Gasteiger charge is -2.13. The molecule has 0 saturated carbocycles. The Bertz CT molecular complexity index is 365. The second-order valence-corrected chi connectivity index (χ2v) is 3.97. The van der Waals surface area contributed by atoms with Crippen molar-refractivity contribution in [1.82, 2.24) is 0 Å². The summed E-state index contributed by atoms with van der Waals surface area (Å²) in [6.45, 7) is 1.93. The van der Waals surface area contributed by atoms with Crippen LogP contribution >= 0.6 is 11.6 Å². The largest absolute Gasteiger partial charge is 0.388 e. The third-order valence-electron chi connectivity index (χ3n) is 2.38. The number of hydrogen-bond acceptors (Lipinski definition) is 1. The molecule has 0 heterocycles. The van der Waals surface area contributed by atoms with Gasteiger partial charge in [0.2, 0.25) is 0 Å². The van der Waals surface area contributed by atoms with Gasteiger partial charge in [-0.15, -0.1) is 12.3 Å². The molecule has 0 aromatic heterocycles. The smallest absolute Gasteiger partial charge is 0.0804 e. The minimum atomic E-state index is -0.509. The Morgan fingerprint density at radius 3 is 2.93 bits per heavy atom. The van der Waals surface area contributed by atoms with E-state index in [9.17, 15) is 5.11 Å². The van der Waals surface area contributed by atoms with Crippen molar-refractivity contribution in [2.75, 3.05) is 0 Å². The van der Waals surface area contributed by atoms with E-state index in [-0.39, 0.29) is 0 Å². The fraction of sp³-hybridized carbons (Fsp3) is 0.385. The van der Waals surface area contributed by atoms with Crippen LogP contribution in [0.3, 0.4) is 0 Å². The average molecular weight is 223 g/mol. The second kappa shape index (κ2) is 5.80. The van der Waals surface area contributed by atoms with Crippen molar-refractivity contribution in [3.63, 3.8) is 0 Å². The zero-order valence-corrected chi connectivity index (χ0v) is 9.59. The Morgan fingerprint density at radius 2 is 2.27 bits per heavy atom. The zero-order valence-electron chi connectivity index (χ0n) is 8.83. The van der Waals surface area contributed by atoms with Crippen LogP contribution in [0.4, 0.5) is 0 Å². The topological polar surface area (TPSA) is 20.2 Å². The fourth-order valence-corrected chi connectivity index (χ4v) is 1.73. The lowest BCUT2D eigenvalue weighted by molar-refractivity contribution is 0.165. The van der Waals surface area contributed by atoms with E-state index in [1.807, 2.05) is 25.1 Å². The van der Waals surface area contributed by atoms with Crippen LogP contribution in [0.5, 0.6) is 0 Å². The first-order valence-electron chi connectivity index (χ1n) is 5.03. The van der Waals surface area contributed by atoms with E-state index in [0.29, 0.717) is 17.9 Å². The predicted octanol–water partition coefficient (Wildman–Crippen LogP) is 3.49. The van der Waals surface area contributed by atoms with Gasteiger partial charge in [-0.25, -0.2) is 0 Å². The minimum Gasteiger partial charge on any atom is -0.388 e. The van der Waals surface area contributed by atoms with Crippen molar-refractivity contribution in [3.05, 3.63) is 34.3 Å². The number of halogens is 1. The van der Waals surface area contributed by atoms with Gasteiger partial charge in [0, 0.05) is 11.4 Å². The van der Waals surface area contributed by atoms with Crippen molar-refractivity contribution in [2.24, 2.45) is 0 Å². The molecule has 0 aliphatic carbocycles. The van der Waals surface area contributed by atoms with Crippen molar-refractivity contribution >= 4 is 11.6 Å². The molecule has 80 valence electrons. The molecule has 2 heteroatoms. The first kappa shape index (κ1) is 12.1. The molecule has 0 bridgehead atoms. The molecule has 0 aliphatic rings. The monoisotopic (exact) mass is 222 g/mol. The van der Waals surface area contributed by atoms with Gasteiger partial charge in [-0.3, -0.25) is 0 Å². The maximum Gasteiger partial charge on any atom is 0.0804 e. The first-order valence-corrected chi connectivity index (χ1v) is 5.41. The van der Waals surface area contributed by atoms with Crippen LogP contribution in [-0.2, 0) is 0 Å². The lowest BCUT2D eigenvalue weighted by atomic mass is 10.0. The van der Waals surface area contributed by atoms with Crippen molar-refractivity contribution in [1.29, 1.82) is 0 Å². The van der Waals surface area contributed by atoms with E-state index in [4.69, 9.17) is 18.0 Å². The summed E-state index contributed by atoms with van der Waals surface area (Å²) in [5.74, 6) is 2.56. The summed E-state index contributed by atoms with van der Waals surface area (Å²) in [7, 11) is 0. The number of aliphatic hydroxyl groups is 1. The molecule has 0 fully saturated rings. The molecule has 0 radical (unpaired) electrons. The molecule has 1 aromatic carbocycles. The van der Waals surface area contributed by atoms with E-state index < -0.39 is 6.10 Å². The van der Waals surface area contributed by atoms with Crippen molar-refractivity contribution in [2.45, 2.75) is 32.3 Å². The van der Waals surface area contributed by atoms with Crippen molar-refractivity contribution in [3.8, 4) is 12.3 Å². The Labute approximate surface area is 96.1 Å². The standard InChI is InChI=1S/C13H15ClO/c1-3-4-5-9-12(15)11-8-6-7-10(2)13(11)14/h1,6-8,12,15H,4-5,9H2,2H3. The maximum atomic E-state index is 9.90. The van der Waals surface area contributed by atoms with Crippen LogP contribution in [0, 0.1) is 19.3 Å². The van der Waals surface area contributed by atoms with Gasteiger partial charge in [-0.2, -0.15) is 0 Å². The Morgan fingerprint density at radius 1 is 1.53 bits per heavy atom. The SMILES string of the molecule is C#CCCCC(O)c1cccc(C)c1Cl. The summed E-state index contributed by atoms with van der Waals surface area (Å²) in [6.07, 6.45) is 6.82. The normalized spacial score (nSPS) is 12.1. The highest BCUT2D eigenvalue weighted by Gasteiger charge is 2.11. The Kier molecular flexibility index (Phi) is 4.68. The Balaban J connectivity index is 2.70. The van der Waals surface area contributed by atoms with Gasteiger partial charge in [0.1, 0.15) is 0 Å². The third-order valence-corrected chi connectivity index (χ3v) is 2.90. The van der Waals surface area contributed by atoms with E-state index >= 15 is 0 Å². The molecule has 1 N–H and O–H groups in total. The Hall–Kier alpha value is -0.970. The summed E-state index contributed by atoms with van der Waals surface area (Å²) in [4.78, 5) is 0. The molecule has 0 saturated heterocycles. The molecule has 0 spiro atoms. The molecule has 0 amide bonds. The number of unbranched alkanes of at least 4 members (excludes halogenated alkanes) is 1. The predicted molar refractivity (Wildman–Crippen MR) is 63.8 cm³/mol. The molecular weight excluding hydrogens is 208 g/mol. The van der Waals surface area contributed by atoms with E-state index in [0.717, 1.165) is 17.5 Å².